The number of nitrogens with zero attached hydrogens (tertiary/aromatic N) is 3. The van der Waals surface area contributed by atoms with Crippen LogP contribution in [0.5, 0.6) is 0 Å². The summed E-state index contributed by atoms with van der Waals surface area (Å²) in [7, 11) is 0. The molecule has 0 spiro atoms. The predicted molar refractivity (Wildman–Crippen MR) is 77.9 cm³/mol. The highest BCUT2D eigenvalue weighted by atomic mass is 35.5. The van der Waals surface area contributed by atoms with Gasteiger partial charge in [0.2, 0.25) is 0 Å². The summed E-state index contributed by atoms with van der Waals surface area (Å²) < 4.78 is 7.90. The summed E-state index contributed by atoms with van der Waals surface area (Å²) in [6.45, 7) is 2.85. The third-order valence-corrected chi connectivity index (χ3v) is 4.07. The van der Waals surface area contributed by atoms with Gasteiger partial charge < -0.3 is 9.30 Å². The number of aryl methyl sites for hydroxylation is 1. The van der Waals surface area contributed by atoms with Crippen LogP contribution in [0.2, 0.25) is 0 Å². The number of nitriles is 1. The van der Waals surface area contributed by atoms with Crippen molar-refractivity contribution in [3.05, 3.63) is 29.6 Å². The molecule has 0 aliphatic carbocycles. The van der Waals surface area contributed by atoms with Gasteiger partial charge in [0.15, 0.2) is 0 Å². The van der Waals surface area contributed by atoms with Crippen LogP contribution in [-0.4, -0.2) is 28.1 Å². The van der Waals surface area contributed by atoms with Gasteiger partial charge in [0.25, 0.3) is 0 Å². The average Bonchev–Trinajstić information content (AvgIpc) is 3.01. The first kappa shape index (κ1) is 13.4. The second kappa shape index (κ2) is 5.43. The number of rotatable bonds is 3. The van der Waals surface area contributed by atoms with Crippen molar-refractivity contribution in [3.63, 3.8) is 0 Å². The fourth-order valence-corrected chi connectivity index (χ4v) is 3.07. The van der Waals surface area contributed by atoms with E-state index in [0.29, 0.717) is 11.4 Å². The van der Waals surface area contributed by atoms with Crippen LogP contribution in [0.1, 0.15) is 30.8 Å². The van der Waals surface area contributed by atoms with Crippen LogP contribution in [0, 0.1) is 11.3 Å². The zero-order valence-corrected chi connectivity index (χ0v) is 12.1. The van der Waals surface area contributed by atoms with E-state index in [1.807, 2.05) is 12.1 Å². The molecule has 1 saturated heterocycles. The van der Waals surface area contributed by atoms with Crippen LogP contribution in [0.3, 0.4) is 0 Å². The number of halogens is 1. The van der Waals surface area contributed by atoms with E-state index in [4.69, 9.17) is 21.6 Å². The molecule has 0 saturated carbocycles. The summed E-state index contributed by atoms with van der Waals surface area (Å²) in [5.41, 5.74) is 2.58. The largest absolute Gasteiger partial charge is 0.376 e. The molecule has 2 aromatic rings. The highest BCUT2D eigenvalue weighted by molar-refractivity contribution is 6.17. The number of imidazole rings is 1. The van der Waals surface area contributed by atoms with Crippen LogP contribution in [0.4, 0.5) is 0 Å². The van der Waals surface area contributed by atoms with Gasteiger partial charge >= 0.3 is 0 Å². The van der Waals surface area contributed by atoms with Crippen LogP contribution >= 0.6 is 11.6 Å². The molecule has 0 N–H and O–H groups in total. The van der Waals surface area contributed by atoms with Gasteiger partial charge in [0.1, 0.15) is 5.82 Å². The normalized spacial score (nSPS) is 22.2. The van der Waals surface area contributed by atoms with Crippen molar-refractivity contribution in [3.8, 4) is 6.07 Å². The van der Waals surface area contributed by atoms with Crippen molar-refractivity contribution >= 4 is 22.6 Å². The lowest BCUT2D eigenvalue weighted by molar-refractivity contribution is 0.108. The van der Waals surface area contributed by atoms with Gasteiger partial charge in [-0.3, -0.25) is 0 Å². The molecule has 2 heterocycles. The number of hydrogen-bond donors (Lipinski definition) is 0. The molecule has 104 valence electrons. The Labute approximate surface area is 122 Å². The van der Waals surface area contributed by atoms with Crippen molar-refractivity contribution in [1.29, 1.82) is 5.26 Å². The molecule has 1 fully saturated rings. The molecule has 2 atom stereocenters. The maximum Gasteiger partial charge on any atom is 0.111 e. The lowest BCUT2D eigenvalue weighted by Gasteiger charge is -2.19. The first-order valence-electron chi connectivity index (χ1n) is 6.83. The maximum absolute atomic E-state index is 9.09. The molecule has 2 unspecified atom stereocenters. The zero-order chi connectivity index (χ0) is 14.1. The number of benzene rings is 1. The predicted octanol–water partition coefficient (Wildman–Crippen LogP) is 3.04. The Bertz CT molecular complexity index is 674. The minimum absolute atomic E-state index is 0.159. The van der Waals surface area contributed by atoms with E-state index in [1.165, 1.54) is 0 Å². The lowest BCUT2D eigenvalue weighted by Crippen LogP contribution is -2.19. The lowest BCUT2D eigenvalue weighted by atomic mass is 10.1. The minimum Gasteiger partial charge on any atom is -0.376 e. The molecular weight excluding hydrogens is 274 g/mol. The van der Waals surface area contributed by atoms with Gasteiger partial charge in [-0.05, 0) is 31.5 Å². The van der Waals surface area contributed by atoms with E-state index in [2.05, 4.69) is 22.5 Å². The number of ether oxygens (including phenoxy) is 1. The van der Waals surface area contributed by atoms with E-state index in [9.17, 15) is 0 Å². The number of hydrogen-bond acceptors (Lipinski definition) is 3. The fraction of sp³-hybridized carbons (Fsp3) is 0.467. The summed E-state index contributed by atoms with van der Waals surface area (Å²) in [4.78, 5) is 4.67. The second-order valence-corrected chi connectivity index (χ2v) is 5.46. The standard InChI is InChI=1S/C15H16ClN3O/c1-10-13(5-7-20-10)19-14-8-11(9-17)2-3-12(14)18-15(19)4-6-16/h2-3,8,10,13H,4-7H2,1H3. The van der Waals surface area contributed by atoms with E-state index in [0.717, 1.165) is 36.3 Å². The summed E-state index contributed by atoms with van der Waals surface area (Å²) >= 11 is 5.90. The quantitative estimate of drug-likeness (QED) is 0.816. The molecule has 1 aliphatic rings. The summed E-state index contributed by atoms with van der Waals surface area (Å²) in [5, 5.41) is 9.09. The molecule has 3 rings (SSSR count). The van der Waals surface area contributed by atoms with Gasteiger partial charge in [-0.2, -0.15) is 5.26 Å². The topological polar surface area (TPSA) is 50.8 Å². The van der Waals surface area contributed by atoms with Crippen molar-refractivity contribution in [1.82, 2.24) is 9.55 Å². The number of alkyl halides is 1. The van der Waals surface area contributed by atoms with E-state index < -0.39 is 0 Å². The van der Waals surface area contributed by atoms with Gasteiger partial charge in [0.05, 0.1) is 34.8 Å². The van der Waals surface area contributed by atoms with E-state index in [1.54, 1.807) is 6.07 Å². The molecule has 1 aromatic carbocycles. The Morgan fingerprint density at radius 2 is 2.40 bits per heavy atom. The Balaban J connectivity index is 2.19. The molecule has 20 heavy (non-hydrogen) atoms. The van der Waals surface area contributed by atoms with Gasteiger partial charge in [-0.15, -0.1) is 11.6 Å². The highest BCUT2D eigenvalue weighted by Crippen LogP contribution is 2.31. The van der Waals surface area contributed by atoms with Crippen LogP contribution in [-0.2, 0) is 11.2 Å². The van der Waals surface area contributed by atoms with Crippen LogP contribution in [0.15, 0.2) is 18.2 Å². The molecule has 0 bridgehead atoms. The van der Waals surface area contributed by atoms with Gasteiger partial charge in [0, 0.05) is 18.9 Å². The van der Waals surface area contributed by atoms with E-state index in [-0.39, 0.29) is 12.1 Å². The maximum atomic E-state index is 9.09. The smallest absolute Gasteiger partial charge is 0.111 e. The van der Waals surface area contributed by atoms with Crippen LogP contribution < -0.4 is 0 Å². The first-order chi connectivity index (χ1) is 9.74. The van der Waals surface area contributed by atoms with Crippen LogP contribution in [0.25, 0.3) is 11.0 Å². The van der Waals surface area contributed by atoms with Crippen molar-refractivity contribution < 1.29 is 4.74 Å². The summed E-state index contributed by atoms with van der Waals surface area (Å²) in [6, 6.07) is 8.08. The summed E-state index contributed by atoms with van der Waals surface area (Å²) in [5.74, 6) is 1.52. The third-order valence-electron chi connectivity index (χ3n) is 3.88. The minimum atomic E-state index is 0.159. The molecule has 5 heteroatoms. The molecule has 0 radical (unpaired) electrons. The van der Waals surface area contributed by atoms with Crippen molar-refractivity contribution in [2.24, 2.45) is 0 Å². The first-order valence-corrected chi connectivity index (χ1v) is 7.36. The molecule has 1 aliphatic heterocycles. The number of fused-ring (bicyclic) bond motifs is 1. The zero-order valence-electron chi connectivity index (χ0n) is 11.3. The highest BCUT2D eigenvalue weighted by Gasteiger charge is 2.29. The Kier molecular flexibility index (Phi) is 3.64. The second-order valence-electron chi connectivity index (χ2n) is 5.08. The van der Waals surface area contributed by atoms with Crippen molar-refractivity contribution in [2.45, 2.75) is 31.9 Å². The third kappa shape index (κ3) is 2.17. The molecule has 1 aromatic heterocycles. The van der Waals surface area contributed by atoms with Gasteiger partial charge in [-0.1, -0.05) is 0 Å². The Morgan fingerprint density at radius 3 is 3.05 bits per heavy atom. The average molecular weight is 290 g/mol. The molecular formula is C15H16ClN3O. The SMILES string of the molecule is CC1OCCC1n1c(CCCl)nc2ccc(C#N)cc21. The van der Waals surface area contributed by atoms with E-state index >= 15 is 0 Å². The fourth-order valence-electron chi connectivity index (χ4n) is 2.90. The molecule has 0 amide bonds. The monoisotopic (exact) mass is 289 g/mol. The summed E-state index contributed by atoms with van der Waals surface area (Å²) in [6.07, 6.45) is 1.85. The molecule has 4 nitrogen and oxygen atoms in total. The number of aromatic nitrogens is 2. The Hall–Kier alpha value is -1.57. The Morgan fingerprint density at radius 1 is 1.55 bits per heavy atom. The van der Waals surface area contributed by atoms with Gasteiger partial charge in [-0.25, -0.2) is 4.98 Å². The van der Waals surface area contributed by atoms with Crippen molar-refractivity contribution in [2.75, 3.05) is 12.5 Å².